The van der Waals surface area contributed by atoms with E-state index >= 15 is 0 Å². The Morgan fingerprint density at radius 1 is 0.234 bits per heavy atom. The zero-order chi connectivity index (χ0) is 42.4. The van der Waals surface area contributed by atoms with Gasteiger partial charge in [-0.3, -0.25) is 0 Å². The molecular weight excluding hydrogens is 773 g/mol. The van der Waals surface area contributed by atoms with Gasteiger partial charge in [0.2, 0.25) is 0 Å². The van der Waals surface area contributed by atoms with Gasteiger partial charge in [0.15, 0.2) is 0 Å². The molecule has 0 atom stereocenters. The summed E-state index contributed by atoms with van der Waals surface area (Å²) in [5, 5.41) is 7.54. The highest BCUT2D eigenvalue weighted by Gasteiger charge is 2.18. The van der Waals surface area contributed by atoms with Crippen LogP contribution in [0.15, 0.2) is 255 Å². The summed E-state index contributed by atoms with van der Waals surface area (Å²) in [5.74, 6) is 0. The SMILES string of the molecule is c1ccc(-c2cccc(-c3c4ccccc4c(-c4ccc(-c5ccc(N(c6ccccc6)c6ccc(-n7c8ccccc8c8ccccc87)cc6)cc5)cc4)c4ccccc34)c2)cc1. The average Bonchev–Trinajstić information content (AvgIpc) is 3.71. The van der Waals surface area contributed by atoms with E-state index in [1.54, 1.807) is 0 Å². The van der Waals surface area contributed by atoms with Crippen molar-refractivity contribution in [3.05, 3.63) is 255 Å². The van der Waals surface area contributed by atoms with E-state index < -0.39 is 0 Å². The van der Waals surface area contributed by atoms with Crippen molar-refractivity contribution in [2.45, 2.75) is 0 Å². The molecule has 1 aromatic heterocycles. The van der Waals surface area contributed by atoms with Crippen LogP contribution >= 0.6 is 0 Å². The van der Waals surface area contributed by atoms with Gasteiger partial charge in [-0.1, -0.05) is 188 Å². The van der Waals surface area contributed by atoms with Gasteiger partial charge in [-0.05, 0) is 133 Å². The van der Waals surface area contributed by atoms with E-state index in [2.05, 4.69) is 264 Å². The van der Waals surface area contributed by atoms with Crippen molar-refractivity contribution in [3.63, 3.8) is 0 Å². The van der Waals surface area contributed by atoms with Crippen molar-refractivity contribution in [3.8, 4) is 50.2 Å². The Morgan fingerprint density at radius 2 is 0.594 bits per heavy atom. The molecule has 0 amide bonds. The lowest BCUT2D eigenvalue weighted by atomic mass is 9.85. The van der Waals surface area contributed by atoms with E-state index in [4.69, 9.17) is 0 Å². The first-order valence-corrected chi connectivity index (χ1v) is 22.0. The van der Waals surface area contributed by atoms with Crippen LogP contribution in [0.5, 0.6) is 0 Å². The van der Waals surface area contributed by atoms with E-state index in [1.807, 2.05) is 0 Å². The molecule has 0 aliphatic rings. The summed E-state index contributed by atoms with van der Waals surface area (Å²) in [7, 11) is 0. The van der Waals surface area contributed by atoms with Gasteiger partial charge in [-0.2, -0.15) is 0 Å². The molecule has 0 fully saturated rings. The lowest BCUT2D eigenvalue weighted by Gasteiger charge is -2.26. The molecule has 0 unspecified atom stereocenters. The van der Waals surface area contributed by atoms with Crippen LogP contribution < -0.4 is 4.90 Å². The summed E-state index contributed by atoms with van der Waals surface area (Å²) in [4.78, 5) is 2.33. The quantitative estimate of drug-likeness (QED) is 0.139. The Hall–Kier alpha value is -8.46. The maximum Gasteiger partial charge on any atom is 0.0541 e. The highest BCUT2D eigenvalue weighted by molar-refractivity contribution is 6.21. The number of anilines is 3. The van der Waals surface area contributed by atoms with E-state index in [1.165, 1.54) is 87.9 Å². The van der Waals surface area contributed by atoms with Crippen molar-refractivity contribution in [1.29, 1.82) is 0 Å². The number of nitrogens with zero attached hydrogens (tertiary/aromatic N) is 2. The molecule has 12 aromatic rings. The Balaban J connectivity index is 0.887. The molecule has 300 valence electrons. The smallest absolute Gasteiger partial charge is 0.0541 e. The lowest BCUT2D eigenvalue weighted by Crippen LogP contribution is -2.10. The number of hydrogen-bond donors (Lipinski definition) is 0. The van der Waals surface area contributed by atoms with Crippen LogP contribution in [0.3, 0.4) is 0 Å². The van der Waals surface area contributed by atoms with E-state index in [0.29, 0.717) is 0 Å². The number of rotatable bonds is 8. The third kappa shape index (κ3) is 6.44. The molecule has 0 aliphatic carbocycles. The molecule has 2 nitrogen and oxygen atoms in total. The number of fused-ring (bicyclic) bond motifs is 5. The second kappa shape index (κ2) is 15.8. The Morgan fingerprint density at radius 3 is 1.14 bits per heavy atom. The fourth-order valence-corrected chi connectivity index (χ4v) is 9.84. The summed E-state index contributed by atoms with van der Waals surface area (Å²) in [6.07, 6.45) is 0. The maximum atomic E-state index is 2.37. The largest absolute Gasteiger partial charge is 0.311 e. The minimum atomic E-state index is 1.10. The van der Waals surface area contributed by atoms with Gasteiger partial charge in [-0.15, -0.1) is 0 Å². The lowest BCUT2D eigenvalue weighted by molar-refractivity contribution is 1.17. The molecule has 11 aromatic carbocycles. The molecule has 12 rings (SSSR count). The third-order valence-electron chi connectivity index (χ3n) is 12.8. The second-order valence-electron chi connectivity index (χ2n) is 16.5. The predicted molar refractivity (Wildman–Crippen MR) is 272 cm³/mol. The minimum Gasteiger partial charge on any atom is -0.311 e. The monoisotopic (exact) mass is 814 g/mol. The van der Waals surface area contributed by atoms with Crippen LogP contribution in [0.25, 0.3) is 93.5 Å². The minimum absolute atomic E-state index is 1.10. The van der Waals surface area contributed by atoms with Gasteiger partial charge in [0.25, 0.3) is 0 Å². The topological polar surface area (TPSA) is 8.17 Å². The summed E-state index contributed by atoms with van der Waals surface area (Å²) in [5.41, 5.74) is 16.6. The summed E-state index contributed by atoms with van der Waals surface area (Å²) in [6, 6.07) is 92.5. The molecule has 0 bridgehead atoms. The highest BCUT2D eigenvalue weighted by Crippen LogP contribution is 2.45. The molecule has 0 aliphatic heterocycles. The molecule has 0 spiro atoms. The van der Waals surface area contributed by atoms with Crippen molar-refractivity contribution < 1.29 is 0 Å². The van der Waals surface area contributed by atoms with Crippen LogP contribution in [-0.4, -0.2) is 4.57 Å². The van der Waals surface area contributed by atoms with Crippen LogP contribution in [-0.2, 0) is 0 Å². The molecular formula is C62H42N2. The van der Waals surface area contributed by atoms with Gasteiger partial charge in [0.1, 0.15) is 0 Å². The van der Waals surface area contributed by atoms with Gasteiger partial charge in [0, 0.05) is 33.5 Å². The van der Waals surface area contributed by atoms with Crippen LogP contribution in [0, 0.1) is 0 Å². The molecule has 64 heavy (non-hydrogen) atoms. The molecule has 0 saturated heterocycles. The number of benzene rings is 11. The zero-order valence-electron chi connectivity index (χ0n) is 35.1. The molecule has 0 radical (unpaired) electrons. The van der Waals surface area contributed by atoms with Crippen molar-refractivity contribution >= 4 is 60.4 Å². The van der Waals surface area contributed by atoms with Crippen LogP contribution in [0.4, 0.5) is 17.1 Å². The molecule has 1 heterocycles. The van der Waals surface area contributed by atoms with Crippen LogP contribution in [0.1, 0.15) is 0 Å². The standard InChI is InChI=1S/C62H42N2/c1-3-16-43(17-4-1)47-18-15-19-48(42-47)62-57-26-9-7-24-55(57)61(56-25-8-10-27-58(56)62)46-32-30-44(31-33-46)45-34-36-50(37-35-45)63(49-20-5-2-6-21-49)51-38-40-52(41-39-51)64-59-28-13-11-22-53(59)54-23-12-14-29-60(54)64/h1-42H. The fraction of sp³-hybridized carbons (Fsp3) is 0. The predicted octanol–water partition coefficient (Wildman–Crippen LogP) is 17.2. The first-order chi connectivity index (χ1) is 31.8. The fourth-order valence-electron chi connectivity index (χ4n) is 9.84. The highest BCUT2D eigenvalue weighted by atomic mass is 15.1. The van der Waals surface area contributed by atoms with Crippen molar-refractivity contribution in [2.24, 2.45) is 0 Å². The average molecular weight is 815 g/mol. The molecule has 0 saturated carbocycles. The van der Waals surface area contributed by atoms with Gasteiger partial charge in [0.05, 0.1) is 11.0 Å². The Kier molecular flexibility index (Phi) is 9.20. The number of hydrogen-bond acceptors (Lipinski definition) is 1. The Labute approximate surface area is 373 Å². The summed E-state index contributed by atoms with van der Waals surface area (Å²) >= 11 is 0. The summed E-state index contributed by atoms with van der Waals surface area (Å²) < 4.78 is 2.37. The second-order valence-corrected chi connectivity index (χ2v) is 16.5. The summed E-state index contributed by atoms with van der Waals surface area (Å²) in [6.45, 7) is 0. The Bertz CT molecular complexity index is 3510. The first kappa shape index (κ1) is 37.3. The van der Waals surface area contributed by atoms with Crippen molar-refractivity contribution in [1.82, 2.24) is 4.57 Å². The zero-order valence-corrected chi connectivity index (χ0v) is 35.1. The maximum absolute atomic E-state index is 2.37. The molecule has 0 N–H and O–H groups in total. The number of para-hydroxylation sites is 3. The third-order valence-corrected chi connectivity index (χ3v) is 12.8. The van der Waals surface area contributed by atoms with Gasteiger partial charge >= 0.3 is 0 Å². The van der Waals surface area contributed by atoms with Crippen LogP contribution in [0.2, 0.25) is 0 Å². The molecule has 2 heteroatoms. The first-order valence-electron chi connectivity index (χ1n) is 22.0. The van der Waals surface area contributed by atoms with E-state index in [0.717, 1.165) is 22.7 Å². The van der Waals surface area contributed by atoms with Gasteiger partial charge < -0.3 is 9.47 Å². The number of aromatic nitrogens is 1. The van der Waals surface area contributed by atoms with Gasteiger partial charge in [-0.25, -0.2) is 0 Å². The normalized spacial score (nSPS) is 11.4. The van der Waals surface area contributed by atoms with E-state index in [9.17, 15) is 0 Å². The van der Waals surface area contributed by atoms with E-state index in [-0.39, 0.29) is 0 Å². The van der Waals surface area contributed by atoms with Crippen molar-refractivity contribution in [2.75, 3.05) is 4.90 Å².